The van der Waals surface area contributed by atoms with Gasteiger partial charge >= 0.3 is 5.97 Å². The highest BCUT2D eigenvalue weighted by Crippen LogP contribution is 2.19. The van der Waals surface area contributed by atoms with E-state index in [2.05, 4.69) is 10.4 Å². The molecular weight excluding hydrogens is 434 g/mol. The summed E-state index contributed by atoms with van der Waals surface area (Å²) in [5.74, 6) is -0.755. The lowest BCUT2D eigenvalue weighted by Crippen LogP contribution is -2.31. The number of aryl methyl sites for hydroxylation is 1. The van der Waals surface area contributed by atoms with Gasteiger partial charge in [0.2, 0.25) is 5.88 Å². The van der Waals surface area contributed by atoms with Gasteiger partial charge in [-0.15, -0.1) is 5.10 Å². The molecular formula is C23H22ClN3O5. The molecule has 0 saturated heterocycles. The van der Waals surface area contributed by atoms with E-state index in [0.717, 1.165) is 5.56 Å². The molecule has 3 aromatic rings. The number of hydrogen-bond donors (Lipinski definition) is 1. The van der Waals surface area contributed by atoms with Crippen LogP contribution in [0, 0.1) is 6.92 Å². The zero-order valence-electron chi connectivity index (χ0n) is 17.8. The topological polar surface area (TPSA) is 99.5 Å². The van der Waals surface area contributed by atoms with Crippen molar-refractivity contribution in [1.29, 1.82) is 0 Å². The van der Waals surface area contributed by atoms with Crippen molar-refractivity contribution >= 4 is 29.2 Å². The van der Waals surface area contributed by atoms with Gasteiger partial charge in [0, 0.05) is 22.8 Å². The predicted molar refractivity (Wildman–Crippen MR) is 121 cm³/mol. The lowest BCUT2D eigenvalue weighted by molar-refractivity contribution is -0.122. The first-order chi connectivity index (χ1) is 15.3. The second kappa shape index (κ2) is 10.1. The van der Waals surface area contributed by atoms with Crippen molar-refractivity contribution in [2.24, 2.45) is 0 Å². The number of nitrogens with zero attached hydrogens (tertiary/aromatic N) is 2. The van der Waals surface area contributed by atoms with Crippen molar-refractivity contribution in [2.75, 3.05) is 11.9 Å². The Labute approximate surface area is 189 Å². The second-order valence-electron chi connectivity index (χ2n) is 6.90. The number of carbonyl (C=O) groups excluding carboxylic acids is 2. The summed E-state index contributed by atoms with van der Waals surface area (Å²) in [7, 11) is 0. The van der Waals surface area contributed by atoms with Gasteiger partial charge in [-0.2, -0.15) is 4.68 Å². The van der Waals surface area contributed by atoms with Gasteiger partial charge < -0.3 is 14.8 Å². The summed E-state index contributed by atoms with van der Waals surface area (Å²) >= 11 is 6.05. The van der Waals surface area contributed by atoms with Crippen molar-refractivity contribution in [3.05, 3.63) is 81.1 Å². The summed E-state index contributed by atoms with van der Waals surface area (Å²) in [4.78, 5) is 36.5. The number of ether oxygens (including phenoxy) is 2. The standard InChI is InChI=1S/C23H22ClN3O5/c1-4-31-23(30)16-6-9-18(10-7-16)25-22(29)15(3)32-20-11-12-21(28)27(26-20)19-13-17(24)8-5-14(19)2/h5-13,15H,4H2,1-3H3,(H,25,29)/t15-/m0/s1. The molecule has 0 radical (unpaired) electrons. The van der Waals surface area contributed by atoms with E-state index < -0.39 is 18.0 Å². The van der Waals surface area contributed by atoms with Crippen LogP contribution in [0.25, 0.3) is 5.69 Å². The van der Waals surface area contributed by atoms with E-state index in [9.17, 15) is 14.4 Å². The van der Waals surface area contributed by atoms with E-state index in [1.807, 2.05) is 6.92 Å². The van der Waals surface area contributed by atoms with Crippen molar-refractivity contribution in [2.45, 2.75) is 26.9 Å². The molecule has 8 nitrogen and oxygen atoms in total. The maximum absolute atomic E-state index is 12.5. The van der Waals surface area contributed by atoms with Crippen LogP contribution in [-0.4, -0.2) is 34.4 Å². The normalized spacial score (nSPS) is 11.5. The van der Waals surface area contributed by atoms with Gasteiger partial charge in [0.05, 0.1) is 17.9 Å². The number of halogens is 1. The number of anilines is 1. The van der Waals surface area contributed by atoms with Crippen LogP contribution in [0.15, 0.2) is 59.4 Å². The molecule has 2 aromatic carbocycles. The van der Waals surface area contributed by atoms with Crippen molar-refractivity contribution in [3.63, 3.8) is 0 Å². The highest BCUT2D eigenvalue weighted by Gasteiger charge is 2.17. The average molecular weight is 456 g/mol. The third-order valence-electron chi connectivity index (χ3n) is 4.51. The molecule has 1 aromatic heterocycles. The monoisotopic (exact) mass is 455 g/mol. The van der Waals surface area contributed by atoms with E-state index in [1.54, 1.807) is 56.3 Å². The van der Waals surface area contributed by atoms with E-state index in [1.165, 1.54) is 16.8 Å². The lowest BCUT2D eigenvalue weighted by atomic mass is 10.2. The smallest absolute Gasteiger partial charge is 0.338 e. The van der Waals surface area contributed by atoms with E-state index >= 15 is 0 Å². The Morgan fingerprint density at radius 3 is 2.53 bits per heavy atom. The minimum atomic E-state index is -0.904. The lowest BCUT2D eigenvalue weighted by Gasteiger charge is -2.15. The first-order valence-electron chi connectivity index (χ1n) is 9.90. The largest absolute Gasteiger partial charge is 0.463 e. The number of rotatable bonds is 7. The fraction of sp³-hybridized carbons (Fsp3) is 0.217. The summed E-state index contributed by atoms with van der Waals surface area (Å²) in [6.45, 7) is 5.40. The van der Waals surface area contributed by atoms with Gasteiger partial charge in [0.15, 0.2) is 6.10 Å². The molecule has 1 amide bonds. The van der Waals surface area contributed by atoms with Crippen molar-refractivity contribution in [1.82, 2.24) is 9.78 Å². The highest BCUT2D eigenvalue weighted by atomic mass is 35.5. The Kier molecular flexibility index (Phi) is 7.27. The van der Waals surface area contributed by atoms with Crippen LogP contribution in [-0.2, 0) is 9.53 Å². The summed E-state index contributed by atoms with van der Waals surface area (Å²) in [6.07, 6.45) is -0.904. The van der Waals surface area contributed by atoms with Crippen LogP contribution in [0.4, 0.5) is 5.69 Å². The van der Waals surface area contributed by atoms with Gasteiger partial charge in [-0.3, -0.25) is 9.59 Å². The van der Waals surface area contributed by atoms with Crippen LogP contribution in [0.5, 0.6) is 5.88 Å². The Bertz CT molecular complexity index is 1190. The molecule has 3 rings (SSSR count). The summed E-state index contributed by atoms with van der Waals surface area (Å²) in [5.41, 5.74) is 1.84. The molecule has 0 fully saturated rings. The van der Waals surface area contributed by atoms with Crippen molar-refractivity contribution < 1.29 is 19.1 Å². The number of aromatic nitrogens is 2. The van der Waals surface area contributed by atoms with Crippen LogP contribution >= 0.6 is 11.6 Å². The number of hydrogen-bond acceptors (Lipinski definition) is 6. The fourth-order valence-corrected chi connectivity index (χ4v) is 2.99. The van der Waals surface area contributed by atoms with Crippen LogP contribution in [0.3, 0.4) is 0 Å². The maximum atomic E-state index is 12.5. The fourth-order valence-electron chi connectivity index (χ4n) is 2.82. The molecule has 166 valence electrons. The van der Waals surface area contributed by atoms with Gasteiger partial charge in [0.1, 0.15) is 0 Å². The molecule has 0 unspecified atom stereocenters. The van der Waals surface area contributed by atoms with E-state index in [0.29, 0.717) is 22.0 Å². The molecule has 1 heterocycles. The van der Waals surface area contributed by atoms with Crippen LogP contribution in [0.1, 0.15) is 29.8 Å². The van der Waals surface area contributed by atoms with Crippen molar-refractivity contribution in [3.8, 4) is 11.6 Å². The summed E-state index contributed by atoms with van der Waals surface area (Å²) in [5, 5.41) is 7.38. The summed E-state index contributed by atoms with van der Waals surface area (Å²) in [6, 6.07) is 14.1. The molecule has 0 aliphatic heterocycles. The Balaban J connectivity index is 1.71. The van der Waals surface area contributed by atoms with Crippen LogP contribution in [0.2, 0.25) is 5.02 Å². The second-order valence-corrected chi connectivity index (χ2v) is 7.34. The SMILES string of the molecule is CCOC(=O)c1ccc(NC(=O)[C@H](C)Oc2ccc(=O)n(-c3cc(Cl)ccc3C)n2)cc1. The zero-order chi connectivity index (χ0) is 23.3. The third kappa shape index (κ3) is 5.53. The summed E-state index contributed by atoms with van der Waals surface area (Å²) < 4.78 is 11.7. The van der Waals surface area contributed by atoms with Gasteiger partial charge in [-0.1, -0.05) is 17.7 Å². The number of benzene rings is 2. The average Bonchev–Trinajstić information content (AvgIpc) is 2.77. The Morgan fingerprint density at radius 1 is 1.12 bits per heavy atom. The number of amides is 1. The molecule has 0 aliphatic rings. The number of nitrogens with one attached hydrogen (secondary N) is 1. The maximum Gasteiger partial charge on any atom is 0.338 e. The number of esters is 1. The third-order valence-corrected chi connectivity index (χ3v) is 4.74. The minimum absolute atomic E-state index is 0.101. The van der Waals surface area contributed by atoms with E-state index in [-0.39, 0.29) is 18.0 Å². The van der Waals surface area contributed by atoms with Gasteiger partial charge in [-0.05, 0) is 62.7 Å². The van der Waals surface area contributed by atoms with Gasteiger partial charge in [-0.25, -0.2) is 4.79 Å². The first kappa shape index (κ1) is 23.0. The quantitative estimate of drug-likeness (QED) is 0.544. The molecule has 32 heavy (non-hydrogen) atoms. The molecule has 9 heteroatoms. The first-order valence-corrected chi connectivity index (χ1v) is 10.3. The zero-order valence-corrected chi connectivity index (χ0v) is 18.6. The Hall–Kier alpha value is -3.65. The number of carbonyl (C=O) groups is 2. The predicted octanol–water partition coefficient (Wildman–Crippen LogP) is 3.78. The minimum Gasteiger partial charge on any atom is -0.463 e. The van der Waals surface area contributed by atoms with Gasteiger partial charge in [0.25, 0.3) is 11.5 Å². The molecule has 1 atom stereocenters. The highest BCUT2D eigenvalue weighted by molar-refractivity contribution is 6.30. The molecule has 0 aliphatic carbocycles. The molecule has 0 bridgehead atoms. The van der Waals surface area contributed by atoms with Crippen LogP contribution < -0.4 is 15.6 Å². The molecule has 0 saturated carbocycles. The van der Waals surface area contributed by atoms with E-state index in [4.69, 9.17) is 21.1 Å². The Morgan fingerprint density at radius 2 is 1.84 bits per heavy atom. The molecule has 0 spiro atoms. The molecule has 1 N–H and O–H groups in total.